The molecule has 3 fully saturated rings. The molecule has 4 aromatic carbocycles. The average Bonchev–Trinajstić information content (AvgIpc) is 3.38. The highest BCUT2D eigenvalue weighted by molar-refractivity contribution is 7.96. The third kappa shape index (κ3) is 10.8. The summed E-state index contributed by atoms with van der Waals surface area (Å²) in [5.74, 6) is -11.4. The zero-order valence-electron chi connectivity index (χ0n) is 38.5. The number of carbonyl (C=O) groups is 6. The van der Waals surface area contributed by atoms with Crippen molar-refractivity contribution in [1.29, 1.82) is 0 Å². The van der Waals surface area contributed by atoms with Crippen molar-refractivity contribution < 1.29 is 74.8 Å². The highest BCUT2D eigenvalue weighted by Gasteiger charge is 2.56. The average molecular weight is 1040 g/mol. The Labute approximate surface area is 424 Å². The van der Waals surface area contributed by atoms with E-state index in [2.05, 4.69) is 5.32 Å². The highest BCUT2D eigenvalue weighted by Crippen LogP contribution is 2.46. The summed E-state index contributed by atoms with van der Waals surface area (Å²) in [6.45, 7) is 0. The Kier molecular flexibility index (Phi) is 14.9. The molecule has 3 aliphatic heterocycles. The summed E-state index contributed by atoms with van der Waals surface area (Å²) in [4.78, 5) is 80.2. The predicted molar refractivity (Wildman–Crippen MR) is 266 cm³/mol. The van der Waals surface area contributed by atoms with Crippen molar-refractivity contribution >= 4 is 79.5 Å². The number of nitrogens with zero attached hydrogens (tertiary/aromatic N) is 3. The molecule has 2 saturated heterocycles. The molecule has 1 aliphatic carbocycles. The van der Waals surface area contributed by atoms with Crippen LogP contribution in [0.2, 0.25) is 0 Å². The van der Waals surface area contributed by atoms with Crippen LogP contribution in [0.25, 0.3) is 0 Å². The van der Waals surface area contributed by atoms with Crippen molar-refractivity contribution in [3.05, 3.63) is 216 Å². The van der Waals surface area contributed by atoms with Gasteiger partial charge in [0.15, 0.2) is 0 Å². The third-order valence-electron chi connectivity index (χ3n) is 11.4. The van der Waals surface area contributed by atoms with E-state index in [1.54, 1.807) is 60.7 Å². The van der Waals surface area contributed by atoms with E-state index in [4.69, 9.17) is 18.9 Å². The number of hydrogen-bond acceptors (Lipinski definition) is 16. The van der Waals surface area contributed by atoms with E-state index in [0.717, 1.165) is 24.3 Å². The minimum absolute atomic E-state index is 0.00153. The second-order valence-electron chi connectivity index (χ2n) is 16.2. The Morgan fingerprint density at radius 2 is 1.07 bits per heavy atom. The molecule has 0 bridgehead atoms. The van der Waals surface area contributed by atoms with Gasteiger partial charge in [0, 0.05) is 31.4 Å². The van der Waals surface area contributed by atoms with Crippen molar-refractivity contribution in [2.75, 3.05) is 18.2 Å². The van der Waals surface area contributed by atoms with Gasteiger partial charge >= 0.3 is 28.1 Å². The zero-order valence-corrected chi connectivity index (χ0v) is 40.2. The number of allylic oxidation sites excluding steroid dienone is 8. The molecule has 20 nitrogen and oxygen atoms in total. The Morgan fingerprint density at radius 3 is 1.58 bits per heavy atom. The van der Waals surface area contributed by atoms with E-state index in [1.807, 2.05) is 0 Å². The summed E-state index contributed by atoms with van der Waals surface area (Å²) >= 11 is 0. The molecule has 378 valence electrons. The lowest BCUT2D eigenvalue weighted by Crippen LogP contribution is -2.57. The number of ether oxygens (including phenoxy) is 4. The number of carbonyl (C=O) groups excluding carboxylic acids is 6. The molecule has 2 spiro atoms. The second kappa shape index (κ2) is 21.6. The first-order valence-corrected chi connectivity index (χ1v) is 24.8. The highest BCUT2D eigenvalue weighted by atomic mass is 32.2. The van der Waals surface area contributed by atoms with E-state index in [1.165, 1.54) is 97.1 Å². The molecule has 4 aromatic rings. The van der Waals surface area contributed by atoms with Crippen LogP contribution in [0.4, 0.5) is 22.7 Å². The van der Waals surface area contributed by atoms with Crippen LogP contribution in [0.15, 0.2) is 216 Å². The first kappa shape index (κ1) is 51.1. The fourth-order valence-corrected chi connectivity index (χ4v) is 10.0. The molecule has 4 aliphatic rings. The third-order valence-corrected chi connectivity index (χ3v) is 13.9. The SMILES string of the molecule is O=C1OC2(CCC3(CC2)OC(=O)C(/C=C/C=C/C=C2C(=O)N(c4ccccc4)S(=O)(=O)N(c4ccccc4)C2=O)=C(O)O3)OC(=O)C1=C/C=C/C=C/C(C(=O)Nc1ccccc1)=C(\O)N(c1ccccc1)[SH](=O)=O. The van der Waals surface area contributed by atoms with Crippen LogP contribution in [-0.4, -0.2) is 74.3 Å². The van der Waals surface area contributed by atoms with Crippen molar-refractivity contribution in [3.63, 3.8) is 0 Å². The first-order valence-electron chi connectivity index (χ1n) is 22.3. The molecule has 0 atom stereocenters. The van der Waals surface area contributed by atoms with Crippen LogP contribution >= 0.6 is 0 Å². The summed E-state index contributed by atoms with van der Waals surface area (Å²) < 4.78 is 76.0. The van der Waals surface area contributed by atoms with E-state index in [-0.39, 0.29) is 42.7 Å². The van der Waals surface area contributed by atoms with Gasteiger partial charge in [0.25, 0.3) is 35.2 Å². The van der Waals surface area contributed by atoms with Crippen molar-refractivity contribution in [1.82, 2.24) is 0 Å². The lowest BCUT2D eigenvalue weighted by Gasteiger charge is -2.46. The molecule has 22 heteroatoms. The summed E-state index contributed by atoms with van der Waals surface area (Å²) in [7, 11) is -8.18. The topological polar surface area (TPSA) is 270 Å². The van der Waals surface area contributed by atoms with Gasteiger partial charge in [-0.05, 0) is 72.8 Å². The molecule has 0 radical (unpaired) electrons. The van der Waals surface area contributed by atoms with Crippen molar-refractivity contribution in [3.8, 4) is 0 Å². The Balaban J connectivity index is 0.907. The minimum Gasteiger partial charge on any atom is -0.493 e. The van der Waals surface area contributed by atoms with Crippen molar-refractivity contribution in [2.24, 2.45) is 0 Å². The Bertz CT molecular complexity index is 3260. The van der Waals surface area contributed by atoms with Gasteiger partial charge in [-0.25, -0.2) is 27.1 Å². The number of para-hydroxylation sites is 4. The molecule has 0 unspecified atom stereocenters. The van der Waals surface area contributed by atoms with Crippen molar-refractivity contribution in [2.45, 2.75) is 37.3 Å². The number of benzene rings is 4. The van der Waals surface area contributed by atoms with Gasteiger partial charge in [-0.15, -0.1) is 0 Å². The van der Waals surface area contributed by atoms with E-state index in [0.29, 0.717) is 18.6 Å². The number of aliphatic hydroxyl groups excluding tert-OH is 2. The number of hydrogen-bond donors (Lipinski definition) is 4. The molecule has 1 saturated carbocycles. The molecule has 3 amide bonds. The number of esters is 3. The normalized spacial score (nSPS) is 20.0. The number of thiol groups is 1. The van der Waals surface area contributed by atoms with E-state index < -0.39 is 102 Å². The standard InChI is InChI=1S/C52H42N4O16S2/c57-43(53-35-19-7-1-8-20-35)39(44(58)54(73(65)66)36-21-9-2-10-22-36)27-15-5-17-29-41-47(61)69-51(70-48(41)62)31-33-52(34-32-51)71-49(63)42(50(64)72-52)30-18-6-16-28-40-45(59)55(37-23-11-3-12-24-37)74(67,68)56(46(40)60)38-25-13-4-14-26-38/h1-30,58,63,73H,31-34H2,(H,53,57)/b16-6+,17-5+,27-15+,30-18+,41-29?,44-39+. The maximum Gasteiger partial charge on any atom is 0.348 e. The number of aliphatic hydroxyl groups is 2. The first-order chi connectivity index (χ1) is 35.5. The molecule has 3 N–H and O–H groups in total. The molecular formula is C52H42N4O16S2. The number of nitrogens with one attached hydrogen (secondary N) is 1. The maximum absolute atomic E-state index is 13.7. The largest absolute Gasteiger partial charge is 0.493 e. The van der Waals surface area contributed by atoms with Gasteiger partial charge < -0.3 is 34.5 Å². The number of amides is 3. The van der Waals surface area contributed by atoms with E-state index >= 15 is 0 Å². The van der Waals surface area contributed by atoms with Gasteiger partial charge in [-0.1, -0.05) is 109 Å². The molecule has 3 heterocycles. The van der Waals surface area contributed by atoms with Gasteiger partial charge in [0.2, 0.25) is 16.8 Å². The van der Waals surface area contributed by atoms with Gasteiger partial charge in [0.1, 0.15) is 22.3 Å². The summed E-state index contributed by atoms with van der Waals surface area (Å²) in [5.41, 5.74) is -1.47. The van der Waals surface area contributed by atoms with Crippen LogP contribution < -0.4 is 18.2 Å². The van der Waals surface area contributed by atoms with Crippen LogP contribution in [0, 0.1) is 0 Å². The van der Waals surface area contributed by atoms with Gasteiger partial charge in [0.05, 0.1) is 17.1 Å². The maximum atomic E-state index is 13.7. The number of rotatable bonds is 13. The minimum atomic E-state index is -4.71. The molecular weight excluding hydrogens is 1000 g/mol. The van der Waals surface area contributed by atoms with E-state index in [9.17, 15) is 55.8 Å². The fourth-order valence-electron chi connectivity index (χ4n) is 7.87. The van der Waals surface area contributed by atoms with Gasteiger partial charge in [-0.2, -0.15) is 17.0 Å². The lowest BCUT2D eigenvalue weighted by molar-refractivity contribution is -0.297. The van der Waals surface area contributed by atoms with Crippen LogP contribution in [0.5, 0.6) is 0 Å². The Hall–Kier alpha value is -9.28. The molecule has 8 rings (SSSR count). The summed E-state index contributed by atoms with van der Waals surface area (Å²) in [5, 5.41) is 24.6. The quantitative estimate of drug-likeness (QED) is 0.0288. The summed E-state index contributed by atoms with van der Waals surface area (Å²) in [6.07, 6.45) is 11.2. The fraction of sp³-hybridized carbons (Fsp3) is 0.115. The van der Waals surface area contributed by atoms with Crippen LogP contribution in [0.1, 0.15) is 25.7 Å². The van der Waals surface area contributed by atoms with Gasteiger partial charge in [-0.3, -0.25) is 14.4 Å². The summed E-state index contributed by atoms with van der Waals surface area (Å²) in [6, 6.07) is 30.7. The van der Waals surface area contributed by atoms with Crippen LogP contribution in [-0.2, 0) is 68.8 Å². The second-order valence-corrected chi connectivity index (χ2v) is 18.7. The molecule has 0 aromatic heterocycles. The lowest BCUT2D eigenvalue weighted by atomic mass is 9.87. The monoisotopic (exact) mass is 1040 g/mol. The Morgan fingerprint density at radius 1 is 0.608 bits per heavy atom. The zero-order chi connectivity index (χ0) is 52.6. The smallest absolute Gasteiger partial charge is 0.348 e. The molecule has 74 heavy (non-hydrogen) atoms. The number of anilines is 4. The predicted octanol–water partition coefficient (Wildman–Crippen LogP) is 6.24. The van der Waals surface area contributed by atoms with Crippen LogP contribution in [0.3, 0.4) is 0 Å².